The lowest BCUT2D eigenvalue weighted by Gasteiger charge is -2.34. The number of piperidine rings is 1. The van der Waals surface area contributed by atoms with Gasteiger partial charge in [0.05, 0.1) is 11.0 Å². The fourth-order valence-electron chi connectivity index (χ4n) is 5.36. The number of benzene rings is 2. The van der Waals surface area contributed by atoms with Crippen LogP contribution in [0, 0.1) is 0 Å². The smallest absolute Gasteiger partial charge is 0.407 e. The Labute approximate surface area is 242 Å². The molecule has 9 heteroatoms. The van der Waals surface area contributed by atoms with Gasteiger partial charge in [0.1, 0.15) is 11.4 Å². The zero-order valence-electron chi connectivity index (χ0n) is 24.0. The predicted molar refractivity (Wildman–Crippen MR) is 158 cm³/mol. The van der Waals surface area contributed by atoms with Crippen molar-refractivity contribution in [1.29, 1.82) is 0 Å². The van der Waals surface area contributed by atoms with E-state index in [-0.39, 0.29) is 18.2 Å². The molecule has 0 bridgehead atoms. The number of para-hydroxylation sites is 2. The molecule has 1 N–H and O–H groups in total. The maximum atomic E-state index is 13.6. The molecule has 0 unspecified atom stereocenters. The number of ether oxygens (including phenoxy) is 2. The molecule has 8 nitrogen and oxygen atoms in total. The van der Waals surface area contributed by atoms with Crippen LogP contribution < -0.4 is 5.32 Å². The van der Waals surface area contributed by atoms with Crippen molar-refractivity contribution in [2.75, 3.05) is 26.8 Å². The zero-order chi connectivity index (χ0) is 28.7. The van der Waals surface area contributed by atoms with E-state index in [0.717, 1.165) is 48.2 Å². The van der Waals surface area contributed by atoms with Gasteiger partial charge in [-0.15, -0.1) is 0 Å². The monoisotopic (exact) mass is 568 g/mol. The van der Waals surface area contributed by atoms with Crippen molar-refractivity contribution in [3.63, 3.8) is 0 Å². The van der Waals surface area contributed by atoms with Gasteiger partial charge in [0.15, 0.2) is 0 Å². The highest BCUT2D eigenvalue weighted by Crippen LogP contribution is 2.30. The first-order valence-corrected chi connectivity index (χ1v) is 14.5. The summed E-state index contributed by atoms with van der Waals surface area (Å²) in [6.45, 7) is 8.24. The van der Waals surface area contributed by atoms with Crippen molar-refractivity contribution in [1.82, 2.24) is 19.8 Å². The fraction of sp³-hybridized carbons (Fsp3) is 0.516. The van der Waals surface area contributed by atoms with Crippen LogP contribution in [-0.4, -0.2) is 64.9 Å². The summed E-state index contributed by atoms with van der Waals surface area (Å²) < 4.78 is 13.1. The Morgan fingerprint density at radius 2 is 1.98 bits per heavy atom. The van der Waals surface area contributed by atoms with Crippen LogP contribution in [0.4, 0.5) is 4.79 Å². The van der Waals surface area contributed by atoms with Crippen molar-refractivity contribution < 1.29 is 19.1 Å². The molecular formula is C31H41ClN4O4. The number of amides is 2. The molecule has 1 aliphatic heterocycles. The maximum Gasteiger partial charge on any atom is 0.407 e. The topological polar surface area (TPSA) is 85.7 Å². The van der Waals surface area contributed by atoms with Crippen LogP contribution in [0.5, 0.6) is 0 Å². The quantitative estimate of drug-likeness (QED) is 0.305. The van der Waals surface area contributed by atoms with E-state index in [2.05, 4.69) is 16.0 Å². The summed E-state index contributed by atoms with van der Waals surface area (Å²) in [4.78, 5) is 33.2. The number of nitrogens with one attached hydrogen (secondary N) is 1. The van der Waals surface area contributed by atoms with Gasteiger partial charge in [-0.2, -0.15) is 0 Å². The minimum atomic E-state index is -0.635. The third-order valence-corrected chi connectivity index (χ3v) is 7.30. The van der Waals surface area contributed by atoms with E-state index in [9.17, 15) is 9.59 Å². The van der Waals surface area contributed by atoms with E-state index in [4.69, 9.17) is 26.1 Å². The van der Waals surface area contributed by atoms with Gasteiger partial charge in [0, 0.05) is 56.8 Å². The molecule has 40 heavy (non-hydrogen) atoms. The number of likely N-dealkylation sites (tertiary alicyclic amines) is 1. The van der Waals surface area contributed by atoms with Gasteiger partial charge in [-0.1, -0.05) is 35.9 Å². The van der Waals surface area contributed by atoms with E-state index >= 15 is 0 Å². The molecule has 0 radical (unpaired) electrons. The Hall–Kier alpha value is -3.10. The van der Waals surface area contributed by atoms with Crippen LogP contribution in [0.3, 0.4) is 0 Å². The first-order chi connectivity index (χ1) is 19.1. The average Bonchev–Trinajstić information content (AvgIpc) is 3.26. The summed E-state index contributed by atoms with van der Waals surface area (Å²) >= 11 is 6.20. The summed E-state index contributed by atoms with van der Waals surface area (Å²) in [5, 5.41) is 3.55. The Bertz CT molecular complexity index is 1300. The SMILES string of the molecule is COCCCn1c([C@@H]2CCCN(C(=O)C[C@@H](Cc3cccc(Cl)c3)NC(=O)OC(C)(C)C)C2)nc2ccccc21. The number of halogens is 1. The lowest BCUT2D eigenvalue weighted by molar-refractivity contribution is -0.132. The number of fused-ring (bicyclic) bond motifs is 1. The number of methoxy groups -OCH3 is 1. The highest BCUT2D eigenvalue weighted by atomic mass is 35.5. The fourth-order valence-corrected chi connectivity index (χ4v) is 5.57. The van der Waals surface area contributed by atoms with Crippen molar-refractivity contribution in [3.05, 3.63) is 64.9 Å². The van der Waals surface area contributed by atoms with Gasteiger partial charge in [-0.05, 0) is 76.3 Å². The van der Waals surface area contributed by atoms with Crippen LogP contribution in [-0.2, 0) is 27.2 Å². The van der Waals surface area contributed by atoms with E-state index in [1.165, 1.54) is 0 Å². The minimum Gasteiger partial charge on any atom is -0.444 e. The standard InChI is InChI=1S/C31H41ClN4O4/c1-31(2,3)40-30(38)33-25(19-22-10-7-12-24(32)18-22)20-28(37)35-15-8-11-23(21-35)29-34-26-13-5-6-14-27(26)36(29)16-9-17-39-4/h5-7,10,12-14,18,23,25H,8-9,11,15-17,19-21H2,1-4H3,(H,33,38)/t23-,25-/m1/s1. The second-order valence-electron chi connectivity index (χ2n) is 11.5. The molecule has 0 spiro atoms. The van der Waals surface area contributed by atoms with E-state index in [1.54, 1.807) is 7.11 Å². The summed E-state index contributed by atoms with van der Waals surface area (Å²) in [5.74, 6) is 1.17. The summed E-state index contributed by atoms with van der Waals surface area (Å²) in [5.41, 5.74) is 2.40. The molecule has 4 rings (SSSR count). The number of rotatable bonds is 10. The molecule has 1 aromatic heterocycles. The maximum absolute atomic E-state index is 13.6. The molecule has 2 heterocycles. The number of hydrogen-bond acceptors (Lipinski definition) is 5. The highest BCUT2D eigenvalue weighted by molar-refractivity contribution is 6.30. The molecule has 216 valence electrons. The molecule has 2 atom stereocenters. The predicted octanol–water partition coefficient (Wildman–Crippen LogP) is 5.96. The third-order valence-electron chi connectivity index (χ3n) is 7.07. The van der Waals surface area contributed by atoms with Crippen LogP contribution >= 0.6 is 11.6 Å². The van der Waals surface area contributed by atoms with Gasteiger partial charge < -0.3 is 24.3 Å². The second-order valence-corrected chi connectivity index (χ2v) is 12.0. The van der Waals surface area contributed by atoms with Gasteiger partial charge in [-0.3, -0.25) is 4.79 Å². The van der Waals surface area contributed by atoms with Crippen LogP contribution in [0.15, 0.2) is 48.5 Å². The van der Waals surface area contributed by atoms with Gasteiger partial charge in [0.25, 0.3) is 0 Å². The van der Waals surface area contributed by atoms with Crippen LogP contribution in [0.1, 0.15) is 63.8 Å². The number of carbonyl (C=O) groups is 2. The van der Waals surface area contributed by atoms with Gasteiger partial charge in [-0.25, -0.2) is 9.78 Å². The highest BCUT2D eigenvalue weighted by Gasteiger charge is 2.30. The minimum absolute atomic E-state index is 0.00910. The van der Waals surface area contributed by atoms with Gasteiger partial charge >= 0.3 is 6.09 Å². The lowest BCUT2D eigenvalue weighted by atomic mass is 9.95. The van der Waals surface area contributed by atoms with Crippen molar-refractivity contribution >= 4 is 34.6 Å². The molecule has 3 aromatic rings. The van der Waals surface area contributed by atoms with E-state index < -0.39 is 17.7 Å². The van der Waals surface area contributed by atoms with Crippen molar-refractivity contribution in [2.24, 2.45) is 0 Å². The lowest BCUT2D eigenvalue weighted by Crippen LogP contribution is -2.46. The molecular weight excluding hydrogens is 528 g/mol. The summed E-state index contributed by atoms with van der Waals surface area (Å²) in [7, 11) is 1.72. The van der Waals surface area contributed by atoms with E-state index in [1.807, 2.05) is 68.1 Å². The Kier molecular flexibility index (Phi) is 10.1. The van der Waals surface area contributed by atoms with E-state index in [0.29, 0.717) is 31.1 Å². The molecule has 1 aliphatic rings. The molecule has 2 amide bonds. The molecule has 0 aliphatic carbocycles. The normalized spacial score (nSPS) is 16.6. The number of aromatic nitrogens is 2. The Balaban J connectivity index is 1.49. The number of aryl methyl sites for hydroxylation is 1. The number of nitrogens with zero attached hydrogens (tertiary/aromatic N) is 3. The molecule has 1 saturated heterocycles. The zero-order valence-corrected chi connectivity index (χ0v) is 24.7. The summed E-state index contributed by atoms with van der Waals surface area (Å²) in [6.07, 6.45) is 2.87. The summed E-state index contributed by atoms with van der Waals surface area (Å²) in [6, 6.07) is 15.3. The molecule has 0 saturated carbocycles. The number of imidazole rings is 1. The number of alkyl carbamates (subject to hydrolysis) is 1. The van der Waals surface area contributed by atoms with Crippen LogP contribution in [0.2, 0.25) is 5.02 Å². The second kappa shape index (κ2) is 13.5. The Morgan fingerprint density at radius 3 is 2.73 bits per heavy atom. The van der Waals surface area contributed by atoms with Gasteiger partial charge in [0.2, 0.25) is 5.91 Å². The molecule has 2 aromatic carbocycles. The molecule has 1 fully saturated rings. The first kappa shape index (κ1) is 29.9. The number of carbonyl (C=O) groups excluding carboxylic acids is 2. The number of hydrogen-bond donors (Lipinski definition) is 1. The van der Waals surface area contributed by atoms with Crippen molar-refractivity contribution in [3.8, 4) is 0 Å². The third kappa shape index (κ3) is 8.21. The largest absolute Gasteiger partial charge is 0.444 e. The Morgan fingerprint density at radius 1 is 1.18 bits per heavy atom. The van der Waals surface area contributed by atoms with Crippen LogP contribution in [0.25, 0.3) is 11.0 Å². The van der Waals surface area contributed by atoms with Crippen molar-refractivity contribution in [2.45, 2.75) is 77.0 Å². The first-order valence-electron chi connectivity index (χ1n) is 14.1. The average molecular weight is 569 g/mol.